The van der Waals surface area contributed by atoms with E-state index in [9.17, 15) is 4.39 Å². The van der Waals surface area contributed by atoms with E-state index in [2.05, 4.69) is 10.3 Å². The molecule has 2 nitrogen and oxygen atoms in total. The Labute approximate surface area is 104 Å². The van der Waals surface area contributed by atoms with E-state index in [0.717, 1.165) is 11.3 Å². The molecule has 0 spiro atoms. The van der Waals surface area contributed by atoms with E-state index in [4.69, 9.17) is 11.6 Å². The number of aromatic nitrogens is 1. The number of hydrogen-bond donors (Lipinski definition) is 1. The fourth-order valence-corrected chi connectivity index (χ4v) is 1.67. The summed E-state index contributed by atoms with van der Waals surface area (Å²) in [5, 5.41) is 3.30. The highest BCUT2D eigenvalue weighted by Crippen LogP contribution is 2.20. The fourth-order valence-electron chi connectivity index (χ4n) is 1.49. The molecule has 1 aromatic carbocycles. The number of nitrogens with one attached hydrogen (secondary N) is 1. The lowest BCUT2D eigenvalue weighted by molar-refractivity contribution is 0.628. The van der Waals surface area contributed by atoms with Crippen LogP contribution in [0.5, 0.6) is 0 Å². The Hall–Kier alpha value is -1.61. The predicted octanol–water partition coefficient (Wildman–Crippen LogP) is 3.79. The van der Waals surface area contributed by atoms with E-state index in [0.29, 0.717) is 6.54 Å². The Morgan fingerprint density at radius 2 is 2.18 bits per heavy atom. The number of aryl methyl sites for hydroxylation is 1. The molecule has 0 saturated heterocycles. The molecule has 0 unspecified atom stereocenters. The van der Waals surface area contributed by atoms with Crippen molar-refractivity contribution in [2.24, 2.45) is 0 Å². The highest BCUT2D eigenvalue weighted by molar-refractivity contribution is 6.31. The number of rotatable bonds is 3. The van der Waals surface area contributed by atoms with Crippen LogP contribution in [-0.4, -0.2) is 4.98 Å². The quantitative estimate of drug-likeness (QED) is 0.896. The maximum atomic E-state index is 13.0. The van der Waals surface area contributed by atoms with Crippen LogP contribution in [0.25, 0.3) is 0 Å². The van der Waals surface area contributed by atoms with Gasteiger partial charge in [-0.2, -0.15) is 0 Å². The van der Waals surface area contributed by atoms with Gasteiger partial charge in [-0.15, -0.1) is 0 Å². The molecule has 0 atom stereocenters. The summed E-state index contributed by atoms with van der Waals surface area (Å²) < 4.78 is 13.0. The molecule has 0 radical (unpaired) electrons. The summed E-state index contributed by atoms with van der Waals surface area (Å²) in [4.78, 5) is 4.06. The van der Waals surface area contributed by atoms with Crippen molar-refractivity contribution in [3.63, 3.8) is 0 Å². The van der Waals surface area contributed by atoms with Crippen molar-refractivity contribution in [1.29, 1.82) is 0 Å². The first-order chi connectivity index (χ1) is 8.16. The van der Waals surface area contributed by atoms with Gasteiger partial charge in [0.1, 0.15) is 5.82 Å². The zero-order chi connectivity index (χ0) is 12.3. The van der Waals surface area contributed by atoms with Crippen LogP contribution in [0.4, 0.5) is 10.1 Å². The molecular formula is C13H12ClFN2. The Bertz CT molecular complexity index is 529. The predicted molar refractivity (Wildman–Crippen MR) is 67.7 cm³/mol. The van der Waals surface area contributed by atoms with Gasteiger partial charge in [0.05, 0.1) is 5.02 Å². The lowest BCUT2D eigenvalue weighted by Crippen LogP contribution is -2.01. The first kappa shape index (κ1) is 11.9. The molecule has 2 aromatic rings. The van der Waals surface area contributed by atoms with Crippen LogP contribution >= 0.6 is 11.6 Å². The van der Waals surface area contributed by atoms with Crippen LogP contribution in [0.1, 0.15) is 11.1 Å². The van der Waals surface area contributed by atoms with Crippen molar-refractivity contribution >= 4 is 17.3 Å². The monoisotopic (exact) mass is 250 g/mol. The minimum atomic E-state index is -0.408. The third-order valence-electron chi connectivity index (χ3n) is 2.55. The van der Waals surface area contributed by atoms with Crippen LogP contribution in [0, 0.1) is 12.7 Å². The van der Waals surface area contributed by atoms with Gasteiger partial charge in [0, 0.05) is 24.6 Å². The Morgan fingerprint density at radius 1 is 1.35 bits per heavy atom. The zero-order valence-electron chi connectivity index (χ0n) is 9.37. The minimum Gasteiger partial charge on any atom is -0.381 e. The van der Waals surface area contributed by atoms with Crippen LogP contribution < -0.4 is 5.32 Å². The van der Waals surface area contributed by atoms with E-state index < -0.39 is 5.82 Å². The smallest absolute Gasteiger partial charge is 0.141 e. The highest BCUT2D eigenvalue weighted by atomic mass is 35.5. The van der Waals surface area contributed by atoms with E-state index in [1.54, 1.807) is 18.3 Å². The second kappa shape index (κ2) is 5.15. The summed E-state index contributed by atoms with van der Waals surface area (Å²) in [6.45, 7) is 2.66. The van der Waals surface area contributed by atoms with Gasteiger partial charge in [0.25, 0.3) is 0 Å². The minimum absolute atomic E-state index is 0.123. The molecule has 17 heavy (non-hydrogen) atoms. The lowest BCUT2D eigenvalue weighted by Gasteiger charge is -2.08. The number of hydrogen-bond acceptors (Lipinski definition) is 2. The summed E-state index contributed by atoms with van der Waals surface area (Å²) in [5.74, 6) is -0.408. The Kier molecular flexibility index (Phi) is 3.59. The van der Waals surface area contributed by atoms with Gasteiger partial charge < -0.3 is 5.32 Å². The largest absolute Gasteiger partial charge is 0.381 e. The summed E-state index contributed by atoms with van der Waals surface area (Å²) in [7, 11) is 0. The van der Waals surface area contributed by atoms with Crippen molar-refractivity contribution in [1.82, 2.24) is 4.98 Å². The molecule has 1 N–H and O–H groups in total. The number of benzene rings is 1. The van der Waals surface area contributed by atoms with Crippen molar-refractivity contribution in [3.05, 3.63) is 58.6 Å². The van der Waals surface area contributed by atoms with Gasteiger partial charge in [-0.1, -0.05) is 11.6 Å². The molecule has 2 rings (SSSR count). The third-order valence-corrected chi connectivity index (χ3v) is 2.84. The molecule has 88 valence electrons. The van der Waals surface area contributed by atoms with Crippen LogP contribution in [0.3, 0.4) is 0 Å². The van der Waals surface area contributed by atoms with Gasteiger partial charge in [-0.25, -0.2) is 4.39 Å². The molecule has 0 amide bonds. The number of nitrogens with zero attached hydrogens (tertiary/aromatic N) is 1. The standard InChI is InChI=1S/C13H12ClFN2/c1-9-4-5-16-7-10(9)8-17-11-2-3-13(15)12(14)6-11/h2-7,17H,8H2,1H3. The Morgan fingerprint density at radius 3 is 2.88 bits per heavy atom. The summed E-state index contributed by atoms with van der Waals surface area (Å²) in [6, 6.07) is 6.53. The van der Waals surface area contributed by atoms with Crippen LogP contribution in [-0.2, 0) is 6.54 Å². The second-order valence-corrected chi connectivity index (χ2v) is 4.19. The first-order valence-electron chi connectivity index (χ1n) is 5.25. The van der Waals surface area contributed by atoms with Crippen LogP contribution in [0.15, 0.2) is 36.7 Å². The summed E-state index contributed by atoms with van der Waals surface area (Å²) >= 11 is 5.70. The summed E-state index contributed by atoms with van der Waals surface area (Å²) in [5.41, 5.74) is 3.06. The second-order valence-electron chi connectivity index (χ2n) is 3.78. The van der Waals surface area contributed by atoms with E-state index in [1.165, 1.54) is 11.6 Å². The zero-order valence-corrected chi connectivity index (χ0v) is 10.1. The SMILES string of the molecule is Cc1ccncc1CNc1ccc(F)c(Cl)c1. The van der Waals surface area contributed by atoms with Gasteiger partial charge >= 0.3 is 0 Å². The molecule has 0 aliphatic carbocycles. The lowest BCUT2D eigenvalue weighted by atomic mass is 10.1. The molecule has 1 heterocycles. The molecule has 1 aromatic heterocycles. The molecule has 0 aliphatic rings. The van der Waals surface area contributed by atoms with Crippen molar-refractivity contribution in [2.75, 3.05) is 5.32 Å². The highest BCUT2D eigenvalue weighted by Gasteiger charge is 2.01. The maximum absolute atomic E-state index is 13.0. The topological polar surface area (TPSA) is 24.9 Å². The average Bonchev–Trinajstić information content (AvgIpc) is 2.32. The number of halogens is 2. The molecule has 4 heteroatoms. The molecule has 0 bridgehead atoms. The number of pyridine rings is 1. The summed E-state index contributed by atoms with van der Waals surface area (Å²) in [6.07, 6.45) is 3.57. The van der Waals surface area contributed by atoms with Gasteiger partial charge in [0.15, 0.2) is 0 Å². The molecule has 0 aliphatic heterocycles. The third kappa shape index (κ3) is 2.94. The first-order valence-corrected chi connectivity index (χ1v) is 5.63. The normalized spacial score (nSPS) is 10.3. The molecule has 0 fully saturated rings. The Balaban J connectivity index is 2.08. The van der Waals surface area contributed by atoms with E-state index in [-0.39, 0.29) is 5.02 Å². The van der Waals surface area contributed by atoms with E-state index in [1.807, 2.05) is 19.2 Å². The van der Waals surface area contributed by atoms with Gasteiger partial charge in [-0.3, -0.25) is 4.98 Å². The maximum Gasteiger partial charge on any atom is 0.141 e. The van der Waals surface area contributed by atoms with E-state index >= 15 is 0 Å². The van der Waals surface area contributed by atoms with Crippen molar-refractivity contribution in [2.45, 2.75) is 13.5 Å². The molecular weight excluding hydrogens is 239 g/mol. The average molecular weight is 251 g/mol. The number of anilines is 1. The molecule has 0 saturated carbocycles. The van der Waals surface area contributed by atoms with Crippen LogP contribution in [0.2, 0.25) is 5.02 Å². The van der Waals surface area contributed by atoms with Crippen molar-refractivity contribution < 1.29 is 4.39 Å². The van der Waals surface area contributed by atoms with Crippen molar-refractivity contribution in [3.8, 4) is 0 Å². The van der Waals surface area contributed by atoms with Gasteiger partial charge in [-0.05, 0) is 42.3 Å². The van der Waals surface area contributed by atoms with Gasteiger partial charge in [0.2, 0.25) is 0 Å². The fraction of sp³-hybridized carbons (Fsp3) is 0.154.